The first-order valence-corrected chi connectivity index (χ1v) is 7.55. The lowest BCUT2D eigenvalue weighted by Gasteiger charge is -2.05. The summed E-state index contributed by atoms with van der Waals surface area (Å²) in [5.41, 5.74) is 3.36. The van der Waals surface area contributed by atoms with E-state index in [0.717, 1.165) is 22.4 Å². The lowest BCUT2D eigenvalue weighted by Crippen LogP contribution is -2.23. The first kappa shape index (κ1) is 15.1. The molecule has 0 aliphatic rings. The van der Waals surface area contributed by atoms with E-state index < -0.39 is 0 Å². The number of hydrogen-bond donors (Lipinski definition) is 1. The van der Waals surface area contributed by atoms with Crippen LogP contribution in [0.15, 0.2) is 36.8 Å². The maximum absolute atomic E-state index is 12.0. The van der Waals surface area contributed by atoms with E-state index >= 15 is 0 Å². The minimum atomic E-state index is -0.234. The minimum Gasteiger partial charge on any atom is -0.347 e. The van der Waals surface area contributed by atoms with Gasteiger partial charge < -0.3 is 9.88 Å². The fourth-order valence-corrected chi connectivity index (χ4v) is 2.58. The van der Waals surface area contributed by atoms with Gasteiger partial charge in [0.2, 0.25) is 0 Å². The van der Waals surface area contributed by atoms with Crippen LogP contribution in [0.3, 0.4) is 0 Å². The summed E-state index contributed by atoms with van der Waals surface area (Å²) in [5, 5.41) is 2.85. The average molecular weight is 309 g/mol. The topological polar surface area (TPSA) is 72.7 Å². The standard InChI is InChI=1S/C17H19N5O/c1-11(2)16-21-13-8-12(4-5-15(13)22(16)3)9-20-17(23)14-10-18-6-7-19-14/h4-8,10-11H,9H2,1-3H3,(H,20,23). The highest BCUT2D eigenvalue weighted by Crippen LogP contribution is 2.21. The molecule has 0 bridgehead atoms. The van der Waals surface area contributed by atoms with Crippen molar-refractivity contribution in [3.63, 3.8) is 0 Å². The molecule has 0 fully saturated rings. The number of amides is 1. The number of nitrogens with zero attached hydrogens (tertiary/aromatic N) is 4. The van der Waals surface area contributed by atoms with Crippen molar-refractivity contribution >= 4 is 16.9 Å². The molecule has 1 N–H and O–H groups in total. The maximum atomic E-state index is 12.0. The van der Waals surface area contributed by atoms with Crippen molar-refractivity contribution in [1.82, 2.24) is 24.8 Å². The predicted molar refractivity (Wildman–Crippen MR) is 88.0 cm³/mol. The normalized spacial score (nSPS) is 11.1. The number of carbonyl (C=O) groups excluding carboxylic acids is 1. The molecule has 1 aromatic carbocycles. The number of benzene rings is 1. The van der Waals surface area contributed by atoms with Gasteiger partial charge in [-0.15, -0.1) is 0 Å². The Morgan fingerprint density at radius 2 is 2.13 bits per heavy atom. The van der Waals surface area contributed by atoms with Crippen LogP contribution in [0.4, 0.5) is 0 Å². The van der Waals surface area contributed by atoms with Crippen LogP contribution < -0.4 is 5.32 Å². The zero-order chi connectivity index (χ0) is 16.4. The van der Waals surface area contributed by atoms with E-state index in [0.29, 0.717) is 18.2 Å². The molecule has 0 aliphatic heterocycles. The number of fused-ring (bicyclic) bond motifs is 1. The fraction of sp³-hybridized carbons (Fsp3) is 0.294. The number of rotatable bonds is 4. The van der Waals surface area contributed by atoms with Crippen molar-refractivity contribution in [2.24, 2.45) is 7.05 Å². The van der Waals surface area contributed by atoms with Crippen molar-refractivity contribution in [2.75, 3.05) is 0 Å². The Bertz CT molecular complexity index is 839. The molecule has 0 unspecified atom stereocenters. The summed E-state index contributed by atoms with van der Waals surface area (Å²) >= 11 is 0. The van der Waals surface area contributed by atoms with Crippen LogP contribution in [-0.4, -0.2) is 25.4 Å². The Hall–Kier alpha value is -2.76. The van der Waals surface area contributed by atoms with Crippen LogP contribution in [0.25, 0.3) is 11.0 Å². The van der Waals surface area contributed by atoms with Gasteiger partial charge in [-0.1, -0.05) is 19.9 Å². The Labute approximate surface area is 134 Å². The highest BCUT2D eigenvalue weighted by Gasteiger charge is 2.12. The van der Waals surface area contributed by atoms with Gasteiger partial charge in [0.1, 0.15) is 11.5 Å². The van der Waals surface area contributed by atoms with Crippen molar-refractivity contribution < 1.29 is 4.79 Å². The highest BCUT2D eigenvalue weighted by atomic mass is 16.1. The van der Waals surface area contributed by atoms with E-state index in [1.165, 1.54) is 18.6 Å². The largest absolute Gasteiger partial charge is 0.347 e. The third-order valence-corrected chi connectivity index (χ3v) is 3.75. The molecule has 1 amide bonds. The Balaban J connectivity index is 1.77. The lowest BCUT2D eigenvalue weighted by molar-refractivity contribution is 0.0945. The molecular weight excluding hydrogens is 290 g/mol. The van der Waals surface area contributed by atoms with Crippen LogP contribution in [0, 0.1) is 0 Å². The fourth-order valence-electron chi connectivity index (χ4n) is 2.58. The number of nitrogens with one attached hydrogen (secondary N) is 1. The first-order chi connectivity index (χ1) is 11.1. The smallest absolute Gasteiger partial charge is 0.271 e. The summed E-state index contributed by atoms with van der Waals surface area (Å²) in [6.07, 6.45) is 4.49. The molecule has 2 heterocycles. The van der Waals surface area contributed by atoms with Crippen LogP contribution in [-0.2, 0) is 13.6 Å². The maximum Gasteiger partial charge on any atom is 0.271 e. The Morgan fingerprint density at radius 3 is 2.83 bits per heavy atom. The summed E-state index contributed by atoms with van der Waals surface area (Å²) < 4.78 is 2.11. The van der Waals surface area contributed by atoms with Crippen molar-refractivity contribution in [3.8, 4) is 0 Å². The number of carbonyl (C=O) groups is 1. The zero-order valence-corrected chi connectivity index (χ0v) is 13.4. The van der Waals surface area contributed by atoms with Crippen LogP contribution >= 0.6 is 0 Å². The van der Waals surface area contributed by atoms with Crippen LogP contribution in [0.2, 0.25) is 0 Å². The van der Waals surface area contributed by atoms with Crippen molar-refractivity contribution in [3.05, 3.63) is 53.9 Å². The SMILES string of the molecule is CC(C)c1nc2cc(CNC(=O)c3cnccn3)ccc2n1C. The summed E-state index contributed by atoms with van der Waals surface area (Å²) in [4.78, 5) is 24.6. The second-order valence-electron chi connectivity index (χ2n) is 5.78. The molecule has 0 aliphatic carbocycles. The highest BCUT2D eigenvalue weighted by molar-refractivity contribution is 5.91. The molecular formula is C17H19N5O. The van der Waals surface area contributed by atoms with Gasteiger partial charge >= 0.3 is 0 Å². The molecule has 23 heavy (non-hydrogen) atoms. The van der Waals surface area contributed by atoms with E-state index in [2.05, 4.69) is 38.7 Å². The van der Waals surface area contributed by atoms with E-state index in [4.69, 9.17) is 0 Å². The Kier molecular flexibility index (Phi) is 4.06. The van der Waals surface area contributed by atoms with Crippen molar-refractivity contribution in [1.29, 1.82) is 0 Å². The zero-order valence-electron chi connectivity index (χ0n) is 13.4. The molecule has 0 saturated heterocycles. The van der Waals surface area contributed by atoms with Gasteiger partial charge in [-0.25, -0.2) is 9.97 Å². The molecule has 2 aromatic heterocycles. The quantitative estimate of drug-likeness (QED) is 0.803. The van der Waals surface area contributed by atoms with E-state index in [-0.39, 0.29) is 5.91 Å². The van der Waals surface area contributed by atoms with E-state index in [1.807, 2.05) is 25.2 Å². The van der Waals surface area contributed by atoms with Gasteiger partial charge in [-0.3, -0.25) is 9.78 Å². The monoisotopic (exact) mass is 309 g/mol. The van der Waals surface area contributed by atoms with Gasteiger partial charge in [-0.2, -0.15) is 0 Å². The van der Waals surface area contributed by atoms with Gasteiger partial charge in [0.15, 0.2) is 0 Å². The average Bonchev–Trinajstić information content (AvgIpc) is 2.90. The number of imidazole rings is 1. The number of hydrogen-bond acceptors (Lipinski definition) is 4. The summed E-state index contributed by atoms with van der Waals surface area (Å²) in [6, 6.07) is 6.06. The molecule has 6 heteroatoms. The van der Waals surface area contributed by atoms with E-state index in [1.54, 1.807) is 0 Å². The van der Waals surface area contributed by atoms with Crippen LogP contribution in [0.5, 0.6) is 0 Å². The summed E-state index contributed by atoms with van der Waals surface area (Å²) in [6.45, 7) is 4.69. The second-order valence-corrected chi connectivity index (χ2v) is 5.78. The van der Waals surface area contributed by atoms with Gasteiger partial charge in [-0.05, 0) is 17.7 Å². The summed E-state index contributed by atoms with van der Waals surface area (Å²) in [7, 11) is 2.03. The third kappa shape index (κ3) is 3.06. The molecule has 0 radical (unpaired) electrons. The minimum absolute atomic E-state index is 0.234. The molecule has 3 aromatic rings. The van der Waals surface area contributed by atoms with Gasteiger partial charge in [0.25, 0.3) is 5.91 Å². The van der Waals surface area contributed by atoms with E-state index in [9.17, 15) is 4.79 Å². The molecule has 118 valence electrons. The molecule has 0 saturated carbocycles. The number of aryl methyl sites for hydroxylation is 1. The molecule has 3 rings (SSSR count). The number of aromatic nitrogens is 4. The molecule has 0 atom stereocenters. The van der Waals surface area contributed by atoms with Crippen molar-refractivity contribution in [2.45, 2.75) is 26.3 Å². The third-order valence-electron chi connectivity index (χ3n) is 3.75. The second kappa shape index (κ2) is 6.16. The lowest BCUT2D eigenvalue weighted by atomic mass is 10.2. The predicted octanol–water partition coefficient (Wildman–Crippen LogP) is 2.42. The van der Waals surface area contributed by atoms with Crippen LogP contribution in [0.1, 0.15) is 41.6 Å². The van der Waals surface area contributed by atoms with Gasteiger partial charge in [0, 0.05) is 31.9 Å². The van der Waals surface area contributed by atoms with Gasteiger partial charge in [0.05, 0.1) is 17.2 Å². The molecule has 6 nitrogen and oxygen atoms in total. The molecule has 0 spiro atoms. The summed E-state index contributed by atoms with van der Waals surface area (Å²) in [5.74, 6) is 1.19. The first-order valence-electron chi connectivity index (χ1n) is 7.55. The Morgan fingerprint density at radius 1 is 1.30 bits per heavy atom.